The number of carbonyl (C=O) groups excluding carboxylic acids is 4. The summed E-state index contributed by atoms with van der Waals surface area (Å²) in [5.74, 6) is -1.42. The van der Waals surface area contributed by atoms with Crippen LogP contribution in [0.15, 0.2) is 120 Å². The van der Waals surface area contributed by atoms with Crippen molar-refractivity contribution in [2.24, 2.45) is 5.92 Å². The van der Waals surface area contributed by atoms with Gasteiger partial charge in [-0.3, -0.25) is 19.4 Å². The number of halogens is 7. The van der Waals surface area contributed by atoms with Gasteiger partial charge in [0.1, 0.15) is 0 Å². The lowest BCUT2D eigenvalue weighted by atomic mass is 9.91. The smallest absolute Gasteiger partial charge is 0.327 e. The first kappa shape index (κ1) is 47.0. The van der Waals surface area contributed by atoms with Gasteiger partial charge in [-0.05, 0) is 78.2 Å². The van der Waals surface area contributed by atoms with Crippen molar-refractivity contribution >= 4 is 52.1 Å². The predicted octanol–water partition coefficient (Wildman–Crippen LogP) is 8.69. The van der Waals surface area contributed by atoms with Gasteiger partial charge < -0.3 is 20.0 Å². The predicted molar refractivity (Wildman–Crippen MR) is 233 cm³/mol. The monoisotopic (exact) mass is 973 g/mol. The van der Waals surface area contributed by atoms with Crippen LogP contribution in [-0.4, -0.2) is 73.4 Å². The van der Waals surface area contributed by atoms with Crippen molar-refractivity contribution in [2.45, 2.75) is 37.3 Å². The molecular formula is C47H40BrF6N8O4+. The van der Waals surface area contributed by atoms with Gasteiger partial charge in [0.25, 0.3) is 5.91 Å². The van der Waals surface area contributed by atoms with Crippen LogP contribution in [-0.2, 0) is 21.9 Å². The summed E-state index contributed by atoms with van der Waals surface area (Å²) in [6.07, 6.45) is -9.06. The highest BCUT2D eigenvalue weighted by Gasteiger charge is 2.48. The first-order chi connectivity index (χ1) is 30.8. The second kappa shape index (κ2) is 17.8. The third-order valence-corrected chi connectivity index (χ3v) is 12.3. The van der Waals surface area contributed by atoms with Gasteiger partial charge in [0.05, 0.1) is 109 Å². The summed E-state index contributed by atoms with van der Waals surface area (Å²) >= 11 is 0. The third kappa shape index (κ3) is 9.01. The Bertz CT molecular complexity index is 2590. The molecular weight excluding hydrogens is 934 g/mol. The molecule has 1 aliphatic carbocycles. The van der Waals surface area contributed by atoms with Gasteiger partial charge in [-0.15, -0.1) is 17.0 Å². The number of rotatable bonds is 10. The Labute approximate surface area is 385 Å². The Hall–Kier alpha value is -6.96. The van der Waals surface area contributed by atoms with Crippen LogP contribution in [0.3, 0.4) is 0 Å². The van der Waals surface area contributed by atoms with E-state index in [1.54, 1.807) is 36.4 Å². The number of anilines is 2. The number of amides is 5. The lowest BCUT2D eigenvalue weighted by Crippen LogP contribution is -2.47. The molecule has 8 rings (SSSR count). The summed E-state index contributed by atoms with van der Waals surface area (Å²) in [7, 11) is 3.78. The van der Waals surface area contributed by atoms with Crippen molar-refractivity contribution in [2.75, 3.05) is 50.1 Å². The first-order valence-electron chi connectivity index (χ1n) is 20.5. The third-order valence-electron chi connectivity index (χ3n) is 12.3. The zero-order valence-electron chi connectivity index (χ0n) is 35.2. The summed E-state index contributed by atoms with van der Waals surface area (Å²) < 4.78 is 83.1. The Morgan fingerprint density at radius 2 is 1.14 bits per heavy atom. The number of nitriles is 2. The van der Waals surface area contributed by atoms with Crippen LogP contribution in [0.1, 0.15) is 58.3 Å². The summed E-state index contributed by atoms with van der Waals surface area (Å²) in [4.78, 5) is 60.0. The quantitative estimate of drug-likeness (QED) is 0.120. The molecule has 19 heteroatoms. The number of Topliss-reactive ketones (excluding diaryl/α,β-unsaturated/α-hetero) is 1. The van der Waals surface area contributed by atoms with E-state index in [1.807, 2.05) is 26.2 Å². The number of likely N-dealkylation sites (N-methyl/N-ethyl adjacent to an activating group) is 1. The second-order valence-electron chi connectivity index (χ2n) is 16.9. The van der Waals surface area contributed by atoms with Crippen molar-refractivity contribution in [1.29, 1.82) is 10.5 Å². The fourth-order valence-electron chi connectivity index (χ4n) is 8.81. The Morgan fingerprint density at radius 3 is 1.61 bits per heavy atom. The molecule has 4 aromatic carbocycles. The van der Waals surface area contributed by atoms with Gasteiger partial charge in [-0.2, -0.15) is 36.9 Å². The average Bonchev–Trinajstić information content (AvgIpc) is 3.78. The minimum Gasteiger partial charge on any atom is -0.327 e. The van der Waals surface area contributed by atoms with Crippen LogP contribution in [0.4, 0.5) is 47.3 Å². The highest BCUT2D eigenvalue weighted by atomic mass is 79.9. The van der Waals surface area contributed by atoms with Gasteiger partial charge in [-0.1, -0.05) is 36.4 Å². The summed E-state index contributed by atoms with van der Waals surface area (Å²) in [6.45, 7) is 0.741. The summed E-state index contributed by atoms with van der Waals surface area (Å²) in [6, 6.07) is 21.8. The van der Waals surface area contributed by atoms with Crippen molar-refractivity contribution in [1.82, 2.24) is 15.5 Å². The highest BCUT2D eigenvalue weighted by Crippen LogP contribution is 2.45. The summed E-state index contributed by atoms with van der Waals surface area (Å²) in [5.41, 5.74) is 0.454. The number of benzene rings is 4. The number of ketones is 1. The number of alkyl halides is 6. The molecule has 4 aliphatic rings. The molecule has 0 spiro atoms. The largest absolute Gasteiger partial charge is 0.416 e. The Balaban J connectivity index is 0.00000648. The maximum absolute atomic E-state index is 14.4. The zero-order valence-corrected chi connectivity index (χ0v) is 36.9. The molecule has 0 saturated heterocycles. The van der Waals surface area contributed by atoms with E-state index in [1.165, 1.54) is 41.3 Å². The van der Waals surface area contributed by atoms with Crippen LogP contribution in [0, 0.1) is 28.6 Å². The number of urea groups is 2. The maximum Gasteiger partial charge on any atom is 0.416 e. The molecule has 0 saturated carbocycles. The molecule has 3 aliphatic heterocycles. The number of nitrogens with one attached hydrogen (secondary N) is 2. The standard InChI is InChI=1S/C47H38F6N8O4.BrH/c1-61(2,19-17-31-21-36-38(42(31)62)40(29-13-9-27(24-54)10-14-29)56-44(64)59(36)34-7-3-5-32(22-34)46(48,49)50)20-18-58-26-37-39(43(58)63)41(30-15-11-28(25-55)12-16-30)57-45(65)60(37)35-8-4-6-33(23-35)47(51,52)53;/h3-16,22-23,31,40-41H,17-21,26H2,1-2H3,(H-,56,57,64,65);1H/p+1/t31?,40-,41-;/m1./s1. The Kier molecular flexibility index (Phi) is 12.7. The Morgan fingerprint density at radius 1 is 0.667 bits per heavy atom. The minimum atomic E-state index is -4.70. The SMILES string of the molecule is Br.C[N+](C)(CCC1CC2=C(C1=O)[C@@H](c1ccc(C#N)cc1)NC(=O)N2c1cccc(C(F)(F)F)c1)CCN1CC2=C(C1=O)[C@@H](c1ccc(C#N)cc1)NC(=O)N2c1cccc(C(F)(F)F)c1. The lowest BCUT2D eigenvalue weighted by molar-refractivity contribution is -0.890. The van der Waals surface area contributed by atoms with Crippen LogP contribution in [0.25, 0.3) is 0 Å². The van der Waals surface area contributed by atoms with Gasteiger partial charge in [0, 0.05) is 23.6 Å². The van der Waals surface area contributed by atoms with Crippen molar-refractivity contribution in [3.8, 4) is 12.1 Å². The molecule has 3 atom stereocenters. The van der Waals surface area contributed by atoms with Crippen molar-refractivity contribution < 1.29 is 50.0 Å². The number of hydrogen-bond acceptors (Lipinski definition) is 6. The van der Waals surface area contributed by atoms with E-state index in [0.717, 1.165) is 34.1 Å². The van der Waals surface area contributed by atoms with Crippen molar-refractivity contribution in [3.05, 3.63) is 153 Å². The van der Waals surface area contributed by atoms with E-state index in [9.17, 15) is 56.0 Å². The molecule has 5 amide bonds. The van der Waals surface area contributed by atoms with E-state index >= 15 is 0 Å². The van der Waals surface area contributed by atoms with E-state index in [-0.39, 0.29) is 87.1 Å². The van der Waals surface area contributed by atoms with Crippen LogP contribution in [0.2, 0.25) is 0 Å². The second-order valence-corrected chi connectivity index (χ2v) is 16.9. The molecule has 3 heterocycles. The van der Waals surface area contributed by atoms with E-state index in [4.69, 9.17) is 0 Å². The average molecular weight is 975 g/mol. The molecule has 0 aromatic heterocycles. The normalized spacial score (nSPS) is 19.8. The van der Waals surface area contributed by atoms with Crippen molar-refractivity contribution in [3.63, 3.8) is 0 Å². The first-order valence-corrected chi connectivity index (χ1v) is 20.5. The minimum absolute atomic E-state index is 0. The molecule has 0 bridgehead atoms. The van der Waals surface area contributed by atoms with Gasteiger partial charge in [0.15, 0.2) is 5.78 Å². The molecule has 4 aromatic rings. The van der Waals surface area contributed by atoms with E-state index in [0.29, 0.717) is 35.3 Å². The number of quaternary nitrogens is 1. The topological polar surface area (TPSA) is 150 Å². The maximum atomic E-state index is 14.4. The summed E-state index contributed by atoms with van der Waals surface area (Å²) in [5, 5.41) is 24.3. The van der Waals surface area contributed by atoms with Crippen LogP contribution >= 0.6 is 17.0 Å². The molecule has 2 N–H and O–H groups in total. The van der Waals surface area contributed by atoms with E-state index in [2.05, 4.69) is 10.6 Å². The number of nitrogens with zero attached hydrogens (tertiary/aromatic N) is 6. The number of carbonyl (C=O) groups is 4. The fourth-order valence-corrected chi connectivity index (χ4v) is 8.81. The highest BCUT2D eigenvalue weighted by molar-refractivity contribution is 8.93. The van der Waals surface area contributed by atoms with Gasteiger partial charge in [-0.25, -0.2) is 9.59 Å². The molecule has 1 unspecified atom stereocenters. The van der Waals surface area contributed by atoms with Crippen LogP contribution in [0.5, 0.6) is 0 Å². The molecule has 340 valence electrons. The van der Waals surface area contributed by atoms with Crippen LogP contribution < -0.4 is 20.4 Å². The fraction of sp³-hybridized carbons (Fsp3) is 0.277. The van der Waals surface area contributed by atoms with E-state index < -0.39 is 59.5 Å². The number of allylic oxidation sites excluding steroid dienone is 1. The zero-order chi connectivity index (χ0) is 46.6. The molecule has 66 heavy (non-hydrogen) atoms. The molecule has 0 radical (unpaired) electrons. The van der Waals surface area contributed by atoms with Gasteiger partial charge >= 0.3 is 24.4 Å². The van der Waals surface area contributed by atoms with Gasteiger partial charge in [0.2, 0.25) is 0 Å². The molecule has 0 fully saturated rings. The lowest BCUT2D eigenvalue weighted by Gasteiger charge is -2.34. The molecule has 12 nitrogen and oxygen atoms in total. The number of hydrogen-bond donors (Lipinski definition) is 2.